The maximum atomic E-state index is 12.8. The molecule has 0 unspecified atom stereocenters. The molecule has 2 aliphatic rings. The van der Waals surface area contributed by atoms with Crippen LogP contribution < -0.4 is 11.1 Å². The smallest absolute Gasteiger partial charge is 0.255 e. The molecule has 0 spiro atoms. The Labute approximate surface area is 203 Å². The summed E-state index contributed by atoms with van der Waals surface area (Å²) >= 11 is 0. The number of nitrogen functional groups attached to an aromatic ring is 1. The summed E-state index contributed by atoms with van der Waals surface area (Å²) in [5.41, 5.74) is 9.23. The van der Waals surface area contributed by atoms with Gasteiger partial charge in [0.25, 0.3) is 11.8 Å². The number of hydrogen-bond donors (Lipinski definition) is 2. The maximum Gasteiger partial charge on any atom is 0.255 e. The molecule has 182 valence electrons. The van der Waals surface area contributed by atoms with Crippen LogP contribution >= 0.6 is 0 Å². The molecule has 2 saturated heterocycles. The summed E-state index contributed by atoms with van der Waals surface area (Å²) < 4.78 is 0. The van der Waals surface area contributed by atoms with Gasteiger partial charge in [-0.2, -0.15) is 0 Å². The Morgan fingerprint density at radius 3 is 2.21 bits per heavy atom. The lowest BCUT2D eigenvalue weighted by Crippen LogP contribution is -2.49. The third-order valence-corrected chi connectivity index (χ3v) is 7.27. The zero-order valence-electron chi connectivity index (χ0n) is 20.5. The Morgan fingerprint density at radius 2 is 1.59 bits per heavy atom. The van der Waals surface area contributed by atoms with Crippen LogP contribution in [0.15, 0.2) is 48.5 Å². The van der Waals surface area contributed by atoms with Crippen molar-refractivity contribution in [2.45, 2.75) is 58.0 Å². The minimum absolute atomic E-state index is 0.00478. The zero-order valence-corrected chi connectivity index (χ0v) is 20.5. The molecule has 6 heteroatoms. The second-order valence-electron chi connectivity index (χ2n) is 10.1. The van der Waals surface area contributed by atoms with Crippen molar-refractivity contribution >= 4 is 17.5 Å². The number of carbonyl (C=O) groups excluding carboxylic acids is 2. The van der Waals surface area contributed by atoms with Crippen LogP contribution in [0.5, 0.6) is 0 Å². The van der Waals surface area contributed by atoms with E-state index in [1.807, 2.05) is 49.1 Å². The molecular weight excluding hydrogens is 424 g/mol. The molecule has 2 fully saturated rings. The first-order valence-electron chi connectivity index (χ1n) is 12.7. The molecule has 2 aromatic rings. The van der Waals surface area contributed by atoms with Crippen molar-refractivity contribution in [3.05, 3.63) is 65.2 Å². The largest absolute Gasteiger partial charge is 0.398 e. The van der Waals surface area contributed by atoms with E-state index in [0.29, 0.717) is 23.2 Å². The van der Waals surface area contributed by atoms with E-state index in [0.717, 1.165) is 51.0 Å². The number of para-hydroxylation sites is 1. The van der Waals surface area contributed by atoms with Crippen molar-refractivity contribution in [3.8, 4) is 0 Å². The second-order valence-corrected chi connectivity index (χ2v) is 10.1. The summed E-state index contributed by atoms with van der Waals surface area (Å²) in [5.74, 6) is 0.743. The van der Waals surface area contributed by atoms with Crippen LogP contribution in [0.2, 0.25) is 0 Å². The average molecular weight is 463 g/mol. The Balaban J connectivity index is 1.21. The number of benzene rings is 2. The molecule has 2 aromatic carbocycles. The third kappa shape index (κ3) is 5.98. The number of rotatable bonds is 6. The monoisotopic (exact) mass is 462 g/mol. The first kappa shape index (κ1) is 24.3. The fourth-order valence-corrected chi connectivity index (χ4v) is 5.29. The predicted octanol–water partition coefficient (Wildman–Crippen LogP) is 3.97. The van der Waals surface area contributed by atoms with E-state index < -0.39 is 0 Å². The fraction of sp³-hybridized carbons (Fsp3) is 0.500. The van der Waals surface area contributed by atoms with Gasteiger partial charge in [0.1, 0.15) is 0 Å². The highest BCUT2D eigenvalue weighted by molar-refractivity contribution is 5.99. The maximum absolute atomic E-state index is 12.8. The van der Waals surface area contributed by atoms with Crippen LogP contribution in [0.3, 0.4) is 0 Å². The van der Waals surface area contributed by atoms with Crippen LogP contribution in [0.25, 0.3) is 0 Å². The van der Waals surface area contributed by atoms with Crippen molar-refractivity contribution in [1.82, 2.24) is 15.1 Å². The van der Waals surface area contributed by atoms with E-state index in [1.54, 1.807) is 6.07 Å². The molecule has 6 nitrogen and oxygen atoms in total. The van der Waals surface area contributed by atoms with E-state index in [-0.39, 0.29) is 17.9 Å². The lowest BCUT2D eigenvalue weighted by molar-refractivity contribution is 0.0553. The van der Waals surface area contributed by atoms with E-state index in [1.165, 1.54) is 18.4 Å². The lowest BCUT2D eigenvalue weighted by Gasteiger charge is -2.42. The van der Waals surface area contributed by atoms with Crippen LogP contribution in [0.1, 0.15) is 65.8 Å². The summed E-state index contributed by atoms with van der Waals surface area (Å²) in [6, 6.07) is 16.2. The Bertz CT molecular complexity index is 972. The number of nitrogens with zero attached hydrogens (tertiary/aromatic N) is 2. The minimum atomic E-state index is -0.00478. The zero-order chi connectivity index (χ0) is 24.1. The molecule has 3 N–H and O–H groups in total. The molecule has 0 atom stereocenters. The Hall–Kier alpha value is -2.86. The summed E-state index contributed by atoms with van der Waals surface area (Å²) in [7, 11) is 0. The van der Waals surface area contributed by atoms with E-state index in [9.17, 15) is 9.59 Å². The summed E-state index contributed by atoms with van der Waals surface area (Å²) in [5, 5.41) is 2.94. The number of anilines is 1. The minimum Gasteiger partial charge on any atom is -0.398 e. The molecule has 2 aliphatic heterocycles. The highest BCUT2D eigenvalue weighted by Crippen LogP contribution is 2.27. The molecule has 2 amide bonds. The number of nitrogens with one attached hydrogen (secondary N) is 1. The Kier molecular flexibility index (Phi) is 7.88. The van der Waals surface area contributed by atoms with E-state index >= 15 is 0 Å². The van der Waals surface area contributed by atoms with Crippen molar-refractivity contribution in [3.63, 3.8) is 0 Å². The summed E-state index contributed by atoms with van der Waals surface area (Å²) in [4.78, 5) is 29.6. The molecule has 0 bridgehead atoms. The van der Waals surface area contributed by atoms with Gasteiger partial charge in [-0.3, -0.25) is 9.59 Å². The second kappa shape index (κ2) is 11.0. The quantitative estimate of drug-likeness (QED) is 0.637. The van der Waals surface area contributed by atoms with Gasteiger partial charge in [0, 0.05) is 36.4 Å². The van der Waals surface area contributed by atoms with E-state index in [2.05, 4.69) is 22.3 Å². The molecular formula is C28H38N4O2. The van der Waals surface area contributed by atoms with Crippen LogP contribution in [-0.2, 0) is 6.42 Å². The van der Waals surface area contributed by atoms with Gasteiger partial charge in [0.2, 0.25) is 0 Å². The predicted molar refractivity (Wildman–Crippen MR) is 137 cm³/mol. The average Bonchev–Trinajstić information content (AvgIpc) is 2.84. The molecule has 0 radical (unpaired) electrons. The van der Waals surface area contributed by atoms with Gasteiger partial charge in [-0.15, -0.1) is 0 Å². The van der Waals surface area contributed by atoms with Crippen molar-refractivity contribution in [2.24, 2.45) is 5.92 Å². The van der Waals surface area contributed by atoms with Crippen LogP contribution in [0, 0.1) is 5.92 Å². The highest BCUT2D eigenvalue weighted by Gasteiger charge is 2.30. The number of hydrogen-bond acceptors (Lipinski definition) is 4. The van der Waals surface area contributed by atoms with Crippen LogP contribution in [-0.4, -0.2) is 59.9 Å². The highest BCUT2D eigenvalue weighted by atomic mass is 16.2. The normalized spacial score (nSPS) is 18.3. The summed E-state index contributed by atoms with van der Waals surface area (Å²) in [6.45, 7) is 7.81. The Morgan fingerprint density at radius 1 is 0.941 bits per heavy atom. The van der Waals surface area contributed by atoms with Gasteiger partial charge in [0.15, 0.2) is 0 Å². The standard InChI is InChI=1S/C28H38N4O2/c1-20(2)30-27(33)23-9-7-21(8-10-23)19-22-11-15-31(16-12-22)24-13-17-32(18-14-24)28(34)25-5-3-4-6-26(25)29/h3-10,20,22,24H,11-19,29H2,1-2H3,(H,30,33). The number of carbonyl (C=O) groups is 2. The third-order valence-electron chi connectivity index (χ3n) is 7.27. The molecule has 34 heavy (non-hydrogen) atoms. The summed E-state index contributed by atoms with van der Waals surface area (Å²) in [6.07, 6.45) is 5.54. The van der Waals surface area contributed by atoms with E-state index in [4.69, 9.17) is 5.73 Å². The van der Waals surface area contributed by atoms with Crippen molar-refractivity contribution in [2.75, 3.05) is 31.9 Å². The molecule has 2 heterocycles. The fourth-order valence-electron chi connectivity index (χ4n) is 5.29. The van der Waals surface area contributed by atoms with Gasteiger partial charge in [-0.25, -0.2) is 0 Å². The lowest BCUT2D eigenvalue weighted by atomic mass is 9.88. The molecule has 0 aliphatic carbocycles. The van der Waals surface area contributed by atoms with Gasteiger partial charge in [-0.1, -0.05) is 24.3 Å². The first-order chi connectivity index (χ1) is 16.4. The number of nitrogens with two attached hydrogens (primary N) is 1. The number of amides is 2. The van der Waals surface area contributed by atoms with Crippen molar-refractivity contribution < 1.29 is 9.59 Å². The van der Waals surface area contributed by atoms with Crippen molar-refractivity contribution in [1.29, 1.82) is 0 Å². The van der Waals surface area contributed by atoms with Gasteiger partial charge in [0.05, 0.1) is 5.56 Å². The topological polar surface area (TPSA) is 78.7 Å². The molecule has 4 rings (SSSR count). The van der Waals surface area contributed by atoms with Gasteiger partial charge >= 0.3 is 0 Å². The SMILES string of the molecule is CC(C)NC(=O)c1ccc(CC2CCN(C3CCN(C(=O)c4ccccc4N)CC3)CC2)cc1. The number of piperidine rings is 2. The first-order valence-corrected chi connectivity index (χ1v) is 12.7. The van der Waals surface area contributed by atoms with Crippen LogP contribution in [0.4, 0.5) is 5.69 Å². The van der Waals surface area contributed by atoms with Gasteiger partial charge < -0.3 is 20.9 Å². The molecule has 0 aromatic heterocycles. The number of likely N-dealkylation sites (tertiary alicyclic amines) is 2. The van der Waals surface area contributed by atoms with Gasteiger partial charge in [-0.05, 0) is 94.8 Å². The molecule has 0 saturated carbocycles.